The molecule has 27 heavy (non-hydrogen) atoms. The molecule has 0 spiro atoms. The largest absolute Gasteiger partial charge is 0.476 e. The Morgan fingerprint density at radius 3 is 2.19 bits per heavy atom. The fourth-order valence-electron chi connectivity index (χ4n) is 2.32. The van der Waals surface area contributed by atoms with E-state index in [1.807, 2.05) is 0 Å². The minimum Gasteiger partial charge on any atom is -0.476 e. The molecule has 0 aromatic carbocycles. The van der Waals surface area contributed by atoms with Crippen molar-refractivity contribution in [1.82, 2.24) is 4.98 Å². The number of nitrogens with zero attached hydrogens (tertiary/aromatic N) is 2. The highest BCUT2D eigenvalue weighted by Gasteiger charge is 2.41. The first-order valence-electron chi connectivity index (χ1n) is 7.64. The van der Waals surface area contributed by atoms with E-state index in [0.29, 0.717) is 0 Å². The van der Waals surface area contributed by atoms with Crippen LogP contribution in [0.2, 0.25) is 0 Å². The second kappa shape index (κ2) is 9.34. The lowest BCUT2D eigenvalue weighted by atomic mass is 9.94. The first-order valence-corrected chi connectivity index (χ1v) is 8.87. The molecule has 0 fully saturated rings. The van der Waals surface area contributed by atoms with Gasteiger partial charge >= 0.3 is 12.1 Å². The third kappa shape index (κ3) is 5.53. The summed E-state index contributed by atoms with van der Waals surface area (Å²) in [5.41, 5.74) is -4.63. The minimum atomic E-state index is -5.07. The number of pyridine rings is 1. The lowest BCUT2D eigenvalue weighted by molar-refractivity contribution is -0.140. The highest BCUT2D eigenvalue weighted by Crippen LogP contribution is 2.42. The molecule has 0 saturated heterocycles. The summed E-state index contributed by atoms with van der Waals surface area (Å²) in [6, 6.07) is 0. The van der Waals surface area contributed by atoms with Gasteiger partial charge in [0.15, 0.2) is 5.69 Å². The van der Waals surface area contributed by atoms with Crippen LogP contribution in [0.1, 0.15) is 47.6 Å². The molecule has 0 atom stereocenters. The molecule has 0 amide bonds. The van der Waals surface area contributed by atoms with Crippen molar-refractivity contribution in [1.29, 1.82) is 0 Å². The van der Waals surface area contributed by atoms with E-state index < -0.39 is 41.2 Å². The van der Waals surface area contributed by atoms with E-state index in [4.69, 9.17) is 4.74 Å². The van der Waals surface area contributed by atoms with Crippen LogP contribution < -0.4 is 0 Å². The summed E-state index contributed by atoms with van der Waals surface area (Å²) in [4.78, 5) is 19.0. The second-order valence-corrected chi connectivity index (χ2v) is 6.48. The number of halogens is 5. The summed E-state index contributed by atoms with van der Waals surface area (Å²) in [6.45, 7) is 3.33. The number of aromatic nitrogens is 1. The zero-order valence-electron chi connectivity index (χ0n) is 15.3. The normalized spacial score (nSPS) is 12.7. The predicted molar refractivity (Wildman–Crippen MR) is 91.7 cm³/mol. The lowest BCUT2D eigenvalue weighted by Gasteiger charge is -2.20. The van der Waals surface area contributed by atoms with Crippen LogP contribution >= 0.6 is 11.8 Å². The van der Waals surface area contributed by atoms with E-state index in [9.17, 15) is 26.7 Å². The van der Waals surface area contributed by atoms with E-state index >= 15 is 0 Å². The SMILES string of the molecule is COC(=O)c1c(C(F)F)nc(C(F)(F)F)c(/N=C(/OC)SC)c1CC(C)C. The van der Waals surface area contributed by atoms with E-state index in [-0.39, 0.29) is 23.1 Å². The van der Waals surface area contributed by atoms with Gasteiger partial charge in [0.25, 0.3) is 11.7 Å². The Hall–Kier alpha value is -1.91. The van der Waals surface area contributed by atoms with Gasteiger partial charge in [0.05, 0.1) is 19.8 Å². The Balaban J connectivity index is 4.09. The van der Waals surface area contributed by atoms with Crippen molar-refractivity contribution < 1.29 is 36.2 Å². The molecular formula is C16H19F5N2O3S. The molecule has 0 radical (unpaired) electrons. The molecule has 5 nitrogen and oxygen atoms in total. The summed E-state index contributed by atoms with van der Waals surface area (Å²) in [5.74, 6) is -1.47. The van der Waals surface area contributed by atoms with Gasteiger partial charge in [0.1, 0.15) is 11.4 Å². The second-order valence-electron chi connectivity index (χ2n) is 5.72. The molecule has 0 N–H and O–H groups in total. The molecule has 0 aliphatic rings. The molecule has 0 unspecified atom stereocenters. The maximum atomic E-state index is 13.5. The molecule has 0 bridgehead atoms. The van der Waals surface area contributed by atoms with Crippen LogP contribution in [0.3, 0.4) is 0 Å². The van der Waals surface area contributed by atoms with Gasteiger partial charge in [0.2, 0.25) is 0 Å². The van der Waals surface area contributed by atoms with Crippen LogP contribution in [0.15, 0.2) is 4.99 Å². The van der Waals surface area contributed by atoms with Gasteiger partial charge in [-0.25, -0.2) is 23.6 Å². The van der Waals surface area contributed by atoms with Crippen LogP contribution in [-0.2, 0) is 22.1 Å². The van der Waals surface area contributed by atoms with Gasteiger partial charge in [-0.1, -0.05) is 25.6 Å². The van der Waals surface area contributed by atoms with Gasteiger partial charge in [-0.05, 0) is 24.2 Å². The van der Waals surface area contributed by atoms with Crippen molar-refractivity contribution in [3.05, 3.63) is 22.5 Å². The highest BCUT2D eigenvalue weighted by atomic mass is 32.2. The van der Waals surface area contributed by atoms with Crippen molar-refractivity contribution in [2.24, 2.45) is 10.9 Å². The first kappa shape index (κ1) is 23.1. The third-order valence-electron chi connectivity index (χ3n) is 3.33. The fourth-order valence-corrected chi connectivity index (χ4v) is 2.67. The highest BCUT2D eigenvalue weighted by molar-refractivity contribution is 8.12. The molecule has 0 aliphatic heterocycles. The van der Waals surface area contributed by atoms with Crippen molar-refractivity contribution >= 4 is 28.6 Å². The molecule has 1 aromatic rings. The number of thioether (sulfide) groups is 1. The summed E-state index contributed by atoms with van der Waals surface area (Å²) >= 11 is 0.911. The first-order chi connectivity index (χ1) is 12.5. The van der Waals surface area contributed by atoms with Crippen LogP contribution in [0, 0.1) is 5.92 Å². The number of hydrogen-bond donors (Lipinski definition) is 0. The topological polar surface area (TPSA) is 60.8 Å². The number of carbonyl (C=O) groups excluding carboxylic acids is 1. The summed E-state index contributed by atoms with van der Waals surface area (Å²) in [5, 5.41) is -0.145. The summed E-state index contributed by atoms with van der Waals surface area (Å²) in [7, 11) is 2.15. The summed E-state index contributed by atoms with van der Waals surface area (Å²) in [6.07, 6.45) is -7.09. The zero-order valence-corrected chi connectivity index (χ0v) is 16.1. The number of aliphatic imine (C=N–C) groups is 1. The number of carbonyl (C=O) groups is 1. The maximum Gasteiger partial charge on any atom is 0.435 e. The van der Waals surface area contributed by atoms with Crippen LogP contribution in [-0.4, -0.2) is 36.7 Å². The maximum absolute atomic E-state index is 13.5. The average Bonchev–Trinajstić information content (AvgIpc) is 2.57. The minimum absolute atomic E-state index is 0.125. The van der Waals surface area contributed by atoms with Crippen molar-refractivity contribution in [3.63, 3.8) is 0 Å². The fraction of sp³-hybridized carbons (Fsp3) is 0.562. The number of rotatable bonds is 5. The molecule has 1 rings (SSSR count). The Bertz CT molecular complexity index is 715. The van der Waals surface area contributed by atoms with Gasteiger partial charge in [-0.3, -0.25) is 0 Å². The van der Waals surface area contributed by atoms with Gasteiger partial charge in [-0.15, -0.1) is 0 Å². The van der Waals surface area contributed by atoms with Gasteiger partial charge in [-0.2, -0.15) is 13.2 Å². The Morgan fingerprint density at radius 1 is 1.22 bits per heavy atom. The Morgan fingerprint density at radius 2 is 1.81 bits per heavy atom. The molecule has 0 aliphatic carbocycles. The molecule has 1 aromatic heterocycles. The third-order valence-corrected chi connectivity index (χ3v) is 3.94. The van der Waals surface area contributed by atoms with Gasteiger partial charge in [0, 0.05) is 0 Å². The number of ether oxygens (including phenoxy) is 2. The van der Waals surface area contributed by atoms with Crippen LogP contribution in [0.25, 0.3) is 0 Å². The van der Waals surface area contributed by atoms with E-state index in [2.05, 4.69) is 14.7 Å². The number of hydrogen-bond acceptors (Lipinski definition) is 6. The van der Waals surface area contributed by atoms with Crippen molar-refractivity contribution in [2.45, 2.75) is 32.9 Å². The van der Waals surface area contributed by atoms with Gasteiger partial charge < -0.3 is 9.47 Å². The van der Waals surface area contributed by atoms with Crippen LogP contribution in [0.5, 0.6) is 0 Å². The Labute approximate surface area is 157 Å². The van der Waals surface area contributed by atoms with Crippen LogP contribution in [0.4, 0.5) is 27.6 Å². The predicted octanol–water partition coefficient (Wildman–Crippen LogP) is 5.02. The zero-order chi connectivity index (χ0) is 20.9. The quantitative estimate of drug-likeness (QED) is 0.293. The number of alkyl halides is 5. The summed E-state index contributed by atoms with van der Waals surface area (Å²) < 4.78 is 76.9. The molecule has 0 saturated carbocycles. The average molecular weight is 414 g/mol. The Kier molecular flexibility index (Phi) is 8.00. The monoisotopic (exact) mass is 414 g/mol. The molecule has 11 heteroatoms. The molecular weight excluding hydrogens is 395 g/mol. The smallest absolute Gasteiger partial charge is 0.435 e. The number of esters is 1. The number of methoxy groups -OCH3 is 2. The van der Waals surface area contributed by atoms with Crippen molar-refractivity contribution in [2.75, 3.05) is 20.5 Å². The molecule has 1 heterocycles. The van der Waals surface area contributed by atoms with E-state index in [0.717, 1.165) is 18.9 Å². The standard InChI is InChI=1S/C16H19F5N2O3S/c1-7(2)6-8-9(14(24)25-3)11(13(17)18)22-12(16(19,20)21)10(8)23-15(26-4)27-5/h7,13H,6H2,1-5H3/b23-15-. The van der Waals surface area contributed by atoms with E-state index in [1.54, 1.807) is 13.8 Å². The van der Waals surface area contributed by atoms with E-state index in [1.165, 1.54) is 13.4 Å². The lowest BCUT2D eigenvalue weighted by Crippen LogP contribution is -2.19. The van der Waals surface area contributed by atoms with Crippen molar-refractivity contribution in [3.8, 4) is 0 Å². The molecule has 152 valence electrons.